The number of thioether (sulfide) groups is 1. The fourth-order valence-electron chi connectivity index (χ4n) is 2.20. The van der Waals surface area contributed by atoms with Gasteiger partial charge in [-0.3, -0.25) is 4.79 Å². The highest BCUT2D eigenvalue weighted by Crippen LogP contribution is 2.19. The lowest BCUT2D eigenvalue weighted by Gasteiger charge is -2.29. The minimum absolute atomic E-state index is 0.431. The van der Waals surface area contributed by atoms with Gasteiger partial charge >= 0.3 is 5.97 Å². The number of hydrogen-bond donors (Lipinski definition) is 1. The number of likely N-dealkylation sites (N-methyl/N-ethyl adjacent to an activating group) is 1. The summed E-state index contributed by atoms with van der Waals surface area (Å²) >= 11 is 1.80. The molecule has 3 nitrogen and oxygen atoms in total. The molecule has 0 saturated carbocycles. The third kappa shape index (κ3) is 4.88. The van der Waals surface area contributed by atoms with Gasteiger partial charge in [-0.2, -0.15) is 11.8 Å². The molecule has 1 N–H and O–H groups in total. The van der Waals surface area contributed by atoms with Gasteiger partial charge in [0.1, 0.15) is 0 Å². The molecule has 0 fully saturated rings. The monoisotopic (exact) mass is 281 g/mol. The van der Waals surface area contributed by atoms with Crippen molar-refractivity contribution in [1.82, 2.24) is 4.90 Å². The van der Waals surface area contributed by atoms with E-state index in [4.69, 9.17) is 0 Å². The molecule has 4 heteroatoms. The first-order chi connectivity index (χ1) is 9.10. The Morgan fingerprint density at radius 2 is 2.00 bits per heavy atom. The van der Waals surface area contributed by atoms with Crippen molar-refractivity contribution in [1.29, 1.82) is 0 Å². The van der Waals surface area contributed by atoms with Crippen molar-refractivity contribution in [2.45, 2.75) is 25.3 Å². The van der Waals surface area contributed by atoms with E-state index in [0.717, 1.165) is 17.7 Å². The summed E-state index contributed by atoms with van der Waals surface area (Å²) in [6, 6.07) is 9.91. The molecule has 0 aromatic heterocycles. The van der Waals surface area contributed by atoms with Crippen LogP contribution in [0.2, 0.25) is 0 Å². The van der Waals surface area contributed by atoms with Gasteiger partial charge in [-0.25, -0.2) is 0 Å². The highest BCUT2D eigenvalue weighted by Gasteiger charge is 2.24. The minimum Gasteiger partial charge on any atom is -0.481 e. The third-order valence-corrected chi connectivity index (χ3v) is 4.14. The summed E-state index contributed by atoms with van der Waals surface area (Å²) in [5.41, 5.74) is 0.876. The van der Waals surface area contributed by atoms with Crippen molar-refractivity contribution >= 4 is 17.7 Å². The molecule has 1 aromatic rings. The Labute approximate surface area is 120 Å². The molecule has 19 heavy (non-hydrogen) atoms. The number of rotatable bonds is 8. The summed E-state index contributed by atoms with van der Waals surface area (Å²) in [7, 11) is 2.02. The maximum atomic E-state index is 11.5. The van der Waals surface area contributed by atoms with Gasteiger partial charge in [0.25, 0.3) is 0 Å². The summed E-state index contributed by atoms with van der Waals surface area (Å²) < 4.78 is 0. The van der Waals surface area contributed by atoms with E-state index in [1.165, 1.54) is 0 Å². The molecule has 2 unspecified atom stereocenters. The van der Waals surface area contributed by atoms with Crippen molar-refractivity contribution in [2.75, 3.05) is 25.6 Å². The van der Waals surface area contributed by atoms with Gasteiger partial charge in [0.2, 0.25) is 0 Å². The third-order valence-electron chi connectivity index (χ3n) is 3.42. The summed E-state index contributed by atoms with van der Waals surface area (Å²) in [6.45, 7) is 2.70. The predicted molar refractivity (Wildman–Crippen MR) is 81.9 cm³/mol. The van der Waals surface area contributed by atoms with Crippen LogP contribution in [0.1, 0.15) is 24.8 Å². The molecule has 2 atom stereocenters. The highest BCUT2D eigenvalue weighted by atomic mass is 32.2. The molecule has 0 aliphatic rings. The van der Waals surface area contributed by atoms with Crippen molar-refractivity contribution in [3.63, 3.8) is 0 Å². The Bertz CT molecular complexity index is 383. The Kier molecular flexibility index (Phi) is 6.95. The smallest absolute Gasteiger partial charge is 0.312 e. The van der Waals surface area contributed by atoms with Crippen LogP contribution in [0.4, 0.5) is 0 Å². The van der Waals surface area contributed by atoms with E-state index < -0.39 is 11.9 Å². The summed E-state index contributed by atoms with van der Waals surface area (Å²) in [6.07, 6.45) is 3.13. The first-order valence-electron chi connectivity index (χ1n) is 6.57. The quantitative estimate of drug-likeness (QED) is 0.795. The SMILES string of the molecule is CCC(CSC)N(C)CC(C(=O)O)c1ccccc1. The molecule has 106 valence electrons. The Morgan fingerprint density at radius 3 is 2.47 bits per heavy atom. The summed E-state index contributed by atoms with van der Waals surface area (Å²) in [4.78, 5) is 13.6. The molecule has 0 amide bonds. The number of carbonyl (C=O) groups is 1. The number of aliphatic carboxylic acids is 1. The van der Waals surface area contributed by atoms with Crippen molar-refractivity contribution in [3.05, 3.63) is 35.9 Å². The lowest BCUT2D eigenvalue weighted by molar-refractivity contribution is -0.139. The van der Waals surface area contributed by atoms with Gasteiger partial charge in [-0.1, -0.05) is 37.3 Å². The zero-order chi connectivity index (χ0) is 14.3. The standard InChI is InChI=1S/C15H23NO2S/c1-4-13(11-19-3)16(2)10-14(15(17)18)12-8-6-5-7-9-12/h5-9,13-14H,4,10-11H2,1-3H3,(H,17,18). The van der Waals surface area contributed by atoms with Crippen LogP contribution < -0.4 is 0 Å². The van der Waals surface area contributed by atoms with Gasteiger partial charge in [-0.05, 0) is 25.3 Å². The van der Waals surface area contributed by atoms with Crippen LogP contribution in [0.5, 0.6) is 0 Å². The average molecular weight is 281 g/mol. The molecule has 0 heterocycles. The molecule has 0 aliphatic heterocycles. The van der Waals surface area contributed by atoms with Gasteiger partial charge in [-0.15, -0.1) is 0 Å². The molecule has 0 radical (unpaired) electrons. The predicted octanol–water partition coefficient (Wildman–Crippen LogP) is 2.93. The lowest BCUT2D eigenvalue weighted by atomic mass is 9.98. The number of carboxylic acid groups (broad SMARTS) is 1. The van der Waals surface area contributed by atoms with E-state index in [9.17, 15) is 9.90 Å². The van der Waals surface area contributed by atoms with Crippen LogP contribution in [0, 0.1) is 0 Å². The van der Waals surface area contributed by atoms with Crippen LogP contribution in [0.15, 0.2) is 30.3 Å². The van der Waals surface area contributed by atoms with E-state index in [0.29, 0.717) is 12.6 Å². The van der Waals surface area contributed by atoms with E-state index in [1.54, 1.807) is 11.8 Å². The van der Waals surface area contributed by atoms with Crippen LogP contribution in [-0.2, 0) is 4.79 Å². The second-order valence-corrected chi connectivity index (χ2v) is 5.67. The first kappa shape index (κ1) is 16.1. The maximum Gasteiger partial charge on any atom is 0.312 e. The lowest BCUT2D eigenvalue weighted by Crippen LogP contribution is -2.38. The number of hydrogen-bond acceptors (Lipinski definition) is 3. The Balaban J connectivity index is 2.77. The van der Waals surface area contributed by atoms with Gasteiger partial charge in [0, 0.05) is 18.3 Å². The average Bonchev–Trinajstić information content (AvgIpc) is 2.42. The number of carboxylic acids is 1. The molecule has 0 bridgehead atoms. The van der Waals surface area contributed by atoms with E-state index in [2.05, 4.69) is 18.1 Å². The molecule has 0 aliphatic carbocycles. The number of benzene rings is 1. The van der Waals surface area contributed by atoms with E-state index in [-0.39, 0.29) is 0 Å². The van der Waals surface area contributed by atoms with Gasteiger partial charge in [0.05, 0.1) is 5.92 Å². The zero-order valence-corrected chi connectivity index (χ0v) is 12.7. The molecule has 1 aromatic carbocycles. The second kappa shape index (κ2) is 8.23. The zero-order valence-electron chi connectivity index (χ0n) is 11.9. The fourth-order valence-corrected chi connectivity index (χ4v) is 3.07. The molecule has 1 rings (SSSR count). The number of nitrogens with zero attached hydrogens (tertiary/aromatic N) is 1. The van der Waals surface area contributed by atoms with Crippen LogP contribution in [-0.4, -0.2) is 47.6 Å². The summed E-state index contributed by atoms with van der Waals surface area (Å²) in [5, 5.41) is 9.43. The van der Waals surface area contributed by atoms with Crippen molar-refractivity contribution in [2.24, 2.45) is 0 Å². The normalized spacial score (nSPS) is 14.3. The molecule has 0 spiro atoms. The minimum atomic E-state index is -0.753. The fraction of sp³-hybridized carbons (Fsp3) is 0.533. The van der Waals surface area contributed by atoms with Crippen molar-refractivity contribution < 1.29 is 9.90 Å². The van der Waals surface area contributed by atoms with Crippen LogP contribution >= 0.6 is 11.8 Å². The second-order valence-electron chi connectivity index (χ2n) is 4.76. The first-order valence-corrected chi connectivity index (χ1v) is 7.96. The van der Waals surface area contributed by atoms with Crippen LogP contribution in [0.3, 0.4) is 0 Å². The Morgan fingerprint density at radius 1 is 1.37 bits per heavy atom. The topological polar surface area (TPSA) is 40.5 Å². The molecular weight excluding hydrogens is 258 g/mol. The van der Waals surface area contributed by atoms with Gasteiger partial charge in [0.15, 0.2) is 0 Å². The Hall–Kier alpha value is -1.00. The largest absolute Gasteiger partial charge is 0.481 e. The molecular formula is C15H23NO2S. The van der Waals surface area contributed by atoms with Crippen molar-refractivity contribution in [3.8, 4) is 0 Å². The van der Waals surface area contributed by atoms with Crippen LogP contribution in [0.25, 0.3) is 0 Å². The molecule has 0 saturated heterocycles. The van der Waals surface area contributed by atoms with E-state index >= 15 is 0 Å². The van der Waals surface area contributed by atoms with Gasteiger partial charge < -0.3 is 10.0 Å². The summed E-state index contributed by atoms with van der Waals surface area (Å²) in [5.74, 6) is -0.173. The van der Waals surface area contributed by atoms with E-state index in [1.807, 2.05) is 37.4 Å². The highest BCUT2D eigenvalue weighted by molar-refractivity contribution is 7.98. The maximum absolute atomic E-state index is 11.5.